The Hall–Kier alpha value is -0.940. The molecule has 0 aromatic heterocycles. The Morgan fingerprint density at radius 2 is 1.89 bits per heavy atom. The number of aliphatic hydroxyl groups is 1. The molecule has 2 aliphatic heterocycles. The molecule has 18 heavy (non-hydrogen) atoms. The van der Waals surface area contributed by atoms with Crippen molar-refractivity contribution in [3.63, 3.8) is 0 Å². The highest BCUT2D eigenvalue weighted by atomic mass is 16.7. The van der Waals surface area contributed by atoms with E-state index >= 15 is 0 Å². The van der Waals surface area contributed by atoms with Crippen molar-refractivity contribution in [2.75, 3.05) is 13.2 Å². The normalized spacial score (nSPS) is 40.2. The van der Waals surface area contributed by atoms with Gasteiger partial charge in [0.25, 0.3) is 0 Å². The molecular formula is C14H18O4. The topological polar surface area (TPSA) is 47.9 Å². The molecule has 0 amide bonds. The van der Waals surface area contributed by atoms with Crippen molar-refractivity contribution in [2.45, 2.75) is 31.5 Å². The van der Waals surface area contributed by atoms with Crippen LogP contribution in [0.5, 0.6) is 0 Å². The number of benzene rings is 1. The number of rotatable bonds is 1. The Balaban J connectivity index is 1.75. The van der Waals surface area contributed by atoms with Gasteiger partial charge in [0.1, 0.15) is 12.2 Å². The van der Waals surface area contributed by atoms with Gasteiger partial charge in [-0.05, 0) is 0 Å². The largest absolute Gasteiger partial charge is 0.390 e. The van der Waals surface area contributed by atoms with Crippen molar-refractivity contribution >= 4 is 0 Å². The molecule has 2 saturated heterocycles. The van der Waals surface area contributed by atoms with E-state index in [0.717, 1.165) is 5.56 Å². The maximum atomic E-state index is 10.2. The van der Waals surface area contributed by atoms with Gasteiger partial charge < -0.3 is 19.3 Å². The molecule has 2 aliphatic rings. The van der Waals surface area contributed by atoms with Crippen molar-refractivity contribution in [1.82, 2.24) is 0 Å². The van der Waals surface area contributed by atoms with E-state index in [2.05, 4.69) is 0 Å². The lowest BCUT2D eigenvalue weighted by atomic mass is 9.93. The first-order chi connectivity index (χ1) is 8.75. The van der Waals surface area contributed by atoms with Crippen molar-refractivity contribution in [2.24, 2.45) is 5.92 Å². The molecule has 4 heteroatoms. The Morgan fingerprint density at radius 1 is 1.11 bits per heavy atom. The van der Waals surface area contributed by atoms with Crippen LogP contribution in [0.2, 0.25) is 0 Å². The van der Waals surface area contributed by atoms with Crippen molar-refractivity contribution < 1.29 is 19.3 Å². The number of ether oxygens (including phenoxy) is 3. The van der Waals surface area contributed by atoms with Crippen LogP contribution < -0.4 is 0 Å². The molecule has 1 N–H and O–H groups in total. The monoisotopic (exact) mass is 250 g/mol. The van der Waals surface area contributed by atoms with Crippen LogP contribution in [0.25, 0.3) is 0 Å². The first kappa shape index (κ1) is 12.1. The second-order valence-corrected chi connectivity index (χ2v) is 5.02. The predicted molar refractivity (Wildman–Crippen MR) is 64.9 cm³/mol. The fraction of sp³-hybridized carbons (Fsp3) is 0.571. The summed E-state index contributed by atoms with van der Waals surface area (Å²) in [7, 11) is 0. The van der Waals surface area contributed by atoms with E-state index in [1.807, 2.05) is 37.3 Å². The van der Waals surface area contributed by atoms with Crippen LogP contribution >= 0.6 is 0 Å². The third-order valence-electron chi connectivity index (χ3n) is 3.62. The van der Waals surface area contributed by atoms with E-state index in [9.17, 15) is 5.11 Å². The van der Waals surface area contributed by atoms with Gasteiger partial charge in [0, 0.05) is 11.5 Å². The van der Waals surface area contributed by atoms with Gasteiger partial charge in [0.2, 0.25) is 0 Å². The van der Waals surface area contributed by atoms with Crippen LogP contribution in [0.1, 0.15) is 18.8 Å². The lowest BCUT2D eigenvalue weighted by molar-refractivity contribution is -0.307. The summed E-state index contributed by atoms with van der Waals surface area (Å²) >= 11 is 0. The molecule has 0 radical (unpaired) electrons. The Kier molecular flexibility index (Phi) is 3.35. The number of hydrogen-bond donors (Lipinski definition) is 1. The third-order valence-corrected chi connectivity index (χ3v) is 3.62. The molecule has 98 valence electrons. The molecular weight excluding hydrogens is 232 g/mol. The molecule has 4 nitrogen and oxygen atoms in total. The van der Waals surface area contributed by atoms with Gasteiger partial charge >= 0.3 is 0 Å². The van der Waals surface area contributed by atoms with Gasteiger partial charge in [-0.2, -0.15) is 0 Å². The molecule has 0 bridgehead atoms. The smallest absolute Gasteiger partial charge is 0.184 e. The van der Waals surface area contributed by atoms with Crippen molar-refractivity contribution in [3.05, 3.63) is 35.9 Å². The molecule has 1 aromatic rings. The van der Waals surface area contributed by atoms with Gasteiger partial charge in [-0.3, -0.25) is 0 Å². The fourth-order valence-electron chi connectivity index (χ4n) is 2.47. The quantitative estimate of drug-likeness (QED) is 0.820. The summed E-state index contributed by atoms with van der Waals surface area (Å²) in [5, 5.41) is 10.2. The maximum absolute atomic E-state index is 10.2. The van der Waals surface area contributed by atoms with Crippen LogP contribution in [0.4, 0.5) is 0 Å². The molecule has 5 atom stereocenters. The second-order valence-electron chi connectivity index (χ2n) is 5.02. The minimum absolute atomic E-state index is 0.0979. The number of hydrogen-bond acceptors (Lipinski definition) is 4. The van der Waals surface area contributed by atoms with Crippen molar-refractivity contribution in [3.8, 4) is 0 Å². The van der Waals surface area contributed by atoms with E-state index in [-0.39, 0.29) is 18.1 Å². The van der Waals surface area contributed by atoms with Gasteiger partial charge in [-0.25, -0.2) is 0 Å². The second kappa shape index (κ2) is 4.97. The zero-order valence-corrected chi connectivity index (χ0v) is 10.4. The average molecular weight is 250 g/mol. The Labute approximate surface area is 106 Å². The lowest BCUT2D eigenvalue weighted by Gasteiger charge is -2.44. The van der Waals surface area contributed by atoms with Crippen LogP contribution in [0.15, 0.2) is 30.3 Å². The average Bonchev–Trinajstić information content (AvgIpc) is 2.44. The van der Waals surface area contributed by atoms with E-state index in [0.29, 0.717) is 13.2 Å². The zero-order chi connectivity index (χ0) is 12.5. The van der Waals surface area contributed by atoms with Crippen LogP contribution in [0, 0.1) is 5.92 Å². The molecule has 2 heterocycles. The summed E-state index contributed by atoms with van der Waals surface area (Å²) in [5.74, 6) is 0.0979. The van der Waals surface area contributed by atoms with Crippen molar-refractivity contribution in [1.29, 1.82) is 0 Å². The molecule has 1 aromatic carbocycles. The molecule has 0 saturated carbocycles. The summed E-state index contributed by atoms with van der Waals surface area (Å²) in [6.45, 7) is 3.00. The van der Waals surface area contributed by atoms with E-state index in [1.165, 1.54) is 0 Å². The predicted octanol–water partition coefficient (Wildman–Crippen LogP) is 1.50. The minimum atomic E-state index is -0.487. The third kappa shape index (κ3) is 2.17. The molecule has 2 fully saturated rings. The molecule has 0 aliphatic carbocycles. The molecule has 3 rings (SSSR count). The maximum Gasteiger partial charge on any atom is 0.184 e. The molecule has 0 spiro atoms. The highest BCUT2D eigenvalue weighted by Crippen LogP contribution is 2.33. The van der Waals surface area contributed by atoms with Gasteiger partial charge in [-0.15, -0.1) is 0 Å². The van der Waals surface area contributed by atoms with E-state index < -0.39 is 12.4 Å². The standard InChI is InChI=1S/C14H18O4/c1-9-7-16-11-8-17-14(18-13(11)12(9)15)10-5-3-2-4-6-10/h2-6,9,11-15H,7-8H2,1H3/t9-,11-,12+,13-,14-/m0/s1. The van der Waals surface area contributed by atoms with Crippen LogP contribution in [-0.2, 0) is 14.2 Å². The fourth-order valence-corrected chi connectivity index (χ4v) is 2.47. The SMILES string of the molecule is C[C@H]1CO[C@H]2CO[C@H](c3ccccc3)O[C@@H]2[C@@H]1O. The number of aliphatic hydroxyl groups excluding tert-OH is 1. The van der Waals surface area contributed by atoms with Crippen LogP contribution in [-0.4, -0.2) is 36.6 Å². The van der Waals surface area contributed by atoms with E-state index in [4.69, 9.17) is 14.2 Å². The van der Waals surface area contributed by atoms with E-state index in [1.54, 1.807) is 0 Å². The van der Waals surface area contributed by atoms with Gasteiger partial charge in [0.05, 0.1) is 19.3 Å². The Morgan fingerprint density at radius 3 is 2.67 bits per heavy atom. The summed E-state index contributed by atoms with van der Waals surface area (Å²) in [4.78, 5) is 0. The Bertz CT molecular complexity index is 392. The first-order valence-corrected chi connectivity index (χ1v) is 6.37. The molecule has 0 unspecified atom stereocenters. The summed E-state index contributed by atoms with van der Waals surface area (Å²) in [6.07, 6.45) is -1.35. The summed E-state index contributed by atoms with van der Waals surface area (Å²) in [6, 6.07) is 9.78. The highest BCUT2D eigenvalue weighted by molar-refractivity contribution is 5.16. The minimum Gasteiger partial charge on any atom is -0.390 e. The number of fused-ring (bicyclic) bond motifs is 1. The lowest BCUT2D eigenvalue weighted by Crippen LogP contribution is -2.55. The van der Waals surface area contributed by atoms with Gasteiger partial charge in [0.15, 0.2) is 6.29 Å². The first-order valence-electron chi connectivity index (χ1n) is 6.37. The van der Waals surface area contributed by atoms with Gasteiger partial charge in [-0.1, -0.05) is 37.3 Å². The highest BCUT2D eigenvalue weighted by Gasteiger charge is 2.43. The summed E-state index contributed by atoms with van der Waals surface area (Å²) < 4.78 is 17.2. The summed E-state index contributed by atoms with van der Waals surface area (Å²) in [5.41, 5.74) is 0.973. The zero-order valence-electron chi connectivity index (χ0n) is 10.4. The van der Waals surface area contributed by atoms with Crippen LogP contribution in [0.3, 0.4) is 0 Å².